The predicted octanol–water partition coefficient (Wildman–Crippen LogP) is 3.22. The molecule has 0 fully saturated rings. The summed E-state index contributed by atoms with van der Waals surface area (Å²) in [6.07, 6.45) is 1.46. The summed E-state index contributed by atoms with van der Waals surface area (Å²) in [4.78, 5) is 12.0. The number of nitrogens with zero attached hydrogens (tertiary/aromatic N) is 1. The van der Waals surface area contributed by atoms with Crippen molar-refractivity contribution in [3.63, 3.8) is 0 Å². The molecular weight excluding hydrogens is 370 g/mol. The van der Waals surface area contributed by atoms with Gasteiger partial charge < -0.3 is 24.8 Å². The summed E-state index contributed by atoms with van der Waals surface area (Å²) in [6.45, 7) is 2.55. The quantitative estimate of drug-likeness (QED) is 0.634. The summed E-state index contributed by atoms with van der Waals surface area (Å²) in [6, 6.07) is 12.9. The Labute approximate surface area is 170 Å². The van der Waals surface area contributed by atoms with Gasteiger partial charge in [0.05, 0.1) is 39.1 Å². The second-order valence-corrected chi connectivity index (χ2v) is 5.98. The minimum Gasteiger partial charge on any atom is -0.495 e. The average Bonchev–Trinajstić information content (AvgIpc) is 2.72. The third-order valence-electron chi connectivity index (χ3n) is 4.11. The van der Waals surface area contributed by atoms with Crippen LogP contribution in [0.1, 0.15) is 18.1 Å². The molecule has 0 radical (unpaired) electrons. The van der Waals surface area contributed by atoms with Crippen LogP contribution in [-0.4, -0.2) is 40.3 Å². The SMILES string of the molecule is CCOc1cc(/C(=C\C#N)c2ccc(OC)c(NC(=O)CNC)c2)ccc1OC. The predicted molar refractivity (Wildman–Crippen MR) is 112 cm³/mol. The number of nitrogens with one attached hydrogen (secondary N) is 2. The highest BCUT2D eigenvalue weighted by atomic mass is 16.5. The summed E-state index contributed by atoms with van der Waals surface area (Å²) >= 11 is 0. The standard InChI is InChI=1S/C22H25N3O4/c1-5-29-21-13-16(7-9-20(21)28-4)17(10-11-23)15-6-8-19(27-3)18(12-15)25-22(26)14-24-2/h6-10,12-13,24H,5,14H2,1-4H3,(H,25,26)/b17-10-. The molecule has 7 heteroatoms. The molecule has 0 bridgehead atoms. The number of amides is 1. The molecule has 0 spiro atoms. The third kappa shape index (κ3) is 5.50. The van der Waals surface area contributed by atoms with Crippen LogP contribution in [0.2, 0.25) is 0 Å². The van der Waals surface area contributed by atoms with E-state index < -0.39 is 0 Å². The van der Waals surface area contributed by atoms with Crippen molar-refractivity contribution in [1.29, 1.82) is 5.26 Å². The van der Waals surface area contributed by atoms with Gasteiger partial charge in [-0.15, -0.1) is 0 Å². The third-order valence-corrected chi connectivity index (χ3v) is 4.11. The Hall–Kier alpha value is -3.50. The van der Waals surface area contributed by atoms with E-state index in [1.54, 1.807) is 32.4 Å². The molecule has 2 N–H and O–H groups in total. The smallest absolute Gasteiger partial charge is 0.238 e. The molecule has 0 aliphatic rings. The zero-order chi connectivity index (χ0) is 21.2. The highest BCUT2D eigenvalue weighted by molar-refractivity contribution is 5.95. The number of hydrogen-bond donors (Lipinski definition) is 2. The summed E-state index contributed by atoms with van der Waals surface area (Å²) in [5, 5.41) is 15.0. The Bertz CT molecular complexity index is 932. The fraction of sp³-hybridized carbons (Fsp3) is 0.273. The number of carbonyl (C=O) groups excluding carboxylic acids is 1. The number of hydrogen-bond acceptors (Lipinski definition) is 6. The van der Waals surface area contributed by atoms with Crippen molar-refractivity contribution in [3.8, 4) is 23.3 Å². The van der Waals surface area contributed by atoms with Crippen molar-refractivity contribution in [3.05, 3.63) is 53.6 Å². The molecule has 2 aromatic carbocycles. The topological polar surface area (TPSA) is 92.6 Å². The van der Waals surface area contributed by atoms with Crippen molar-refractivity contribution >= 4 is 17.2 Å². The minimum absolute atomic E-state index is 0.171. The monoisotopic (exact) mass is 395 g/mol. The number of methoxy groups -OCH3 is 2. The Morgan fingerprint density at radius 2 is 1.72 bits per heavy atom. The maximum atomic E-state index is 12.0. The molecule has 1 amide bonds. The highest BCUT2D eigenvalue weighted by Crippen LogP contribution is 2.35. The molecule has 0 saturated heterocycles. The Balaban J connectivity index is 2.51. The lowest BCUT2D eigenvalue weighted by molar-refractivity contribution is -0.115. The summed E-state index contributed by atoms with van der Waals surface area (Å²) in [5.74, 6) is 1.53. The van der Waals surface area contributed by atoms with Gasteiger partial charge in [-0.25, -0.2) is 0 Å². The zero-order valence-corrected chi connectivity index (χ0v) is 17.0. The Kier molecular flexibility index (Phi) is 8.07. The lowest BCUT2D eigenvalue weighted by Crippen LogP contribution is -2.25. The van der Waals surface area contributed by atoms with Crippen LogP contribution in [0.25, 0.3) is 5.57 Å². The molecule has 0 atom stereocenters. The van der Waals surface area contributed by atoms with Crippen LogP contribution in [0.15, 0.2) is 42.5 Å². The van der Waals surface area contributed by atoms with Gasteiger partial charge in [0.25, 0.3) is 0 Å². The number of ether oxygens (including phenoxy) is 3. The van der Waals surface area contributed by atoms with Crippen LogP contribution < -0.4 is 24.8 Å². The molecular formula is C22H25N3O4. The van der Waals surface area contributed by atoms with Crippen LogP contribution in [0.4, 0.5) is 5.69 Å². The molecule has 7 nitrogen and oxygen atoms in total. The van der Waals surface area contributed by atoms with E-state index >= 15 is 0 Å². The molecule has 0 heterocycles. The first-order valence-electron chi connectivity index (χ1n) is 9.11. The fourth-order valence-corrected chi connectivity index (χ4v) is 2.84. The lowest BCUT2D eigenvalue weighted by atomic mass is 9.96. The van der Waals surface area contributed by atoms with E-state index in [1.165, 1.54) is 13.2 Å². The molecule has 0 aliphatic carbocycles. The van der Waals surface area contributed by atoms with E-state index in [0.717, 1.165) is 11.1 Å². The van der Waals surface area contributed by atoms with Crippen LogP contribution >= 0.6 is 0 Å². The van der Waals surface area contributed by atoms with Gasteiger partial charge in [-0.1, -0.05) is 12.1 Å². The first-order chi connectivity index (χ1) is 14.1. The van der Waals surface area contributed by atoms with Crippen LogP contribution in [-0.2, 0) is 4.79 Å². The van der Waals surface area contributed by atoms with Gasteiger partial charge in [-0.3, -0.25) is 4.79 Å². The maximum Gasteiger partial charge on any atom is 0.238 e. The lowest BCUT2D eigenvalue weighted by Gasteiger charge is -2.15. The van der Waals surface area contributed by atoms with Crippen LogP contribution in [0.5, 0.6) is 17.2 Å². The molecule has 0 unspecified atom stereocenters. The molecule has 29 heavy (non-hydrogen) atoms. The van der Waals surface area contributed by atoms with Crippen molar-refractivity contribution in [2.75, 3.05) is 39.7 Å². The molecule has 0 aromatic heterocycles. The number of carbonyl (C=O) groups is 1. The second-order valence-electron chi connectivity index (χ2n) is 5.98. The first kappa shape index (κ1) is 21.8. The van der Waals surface area contributed by atoms with Crippen molar-refractivity contribution in [2.45, 2.75) is 6.92 Å². The van der Waals surface area contributed by atoms with Gasteiger partial charge in [0, 0.05) is 6.08 Å². The normalized spacial score (nSPS) is 10.8. The first-order valence-corrected chi connectivity index (χ1v) is 9.11. The average molecular weight is 395 g/mol. The van der Waals surface area contributed by atoms with Gasteiger partial charge in [-0.05, 0) is 54.9 Å². The van der Waals surface area contributed by atoms with Crippen LogP contribution in [0, 0.1) is 11.3 Å². The minimum atomic E-state index is -0.197. The summed E-state index contributed by atoms with van der Waals surface area (Å²) in [5.41, 5.74) is 2.74. The molecule has 152 valence electrons. The number of anilines is 1. The Morgan fingerprint density at radius 1 is 1.07 bits per heavy atom. The van der Waals surface area contributed by atoms with E-state index in [-0.39, 0.29) is 12.5 Å². The number of allylic oxidation sites excluding steroid dienone is 1. The Morgan fingerprint density at radius 3 is 2.31 bits per heavy atom. The number of benzene rings is 2. The second kappa shape index (κ2) is 10.7. The van der Waals surface area contributed by atoms with Gasteiger partial charge in [-0.2, -0.15) is 5.26 Å². The van der Waals surface area contributed by atoms with Crippen LogP contribution in [0.3, 0.4) is 0 Å². The largest absolute Gasteiger partial charge is 0.495 e. The highest BCUT2D eigenvalue weighted by Gasteiger charge is 2.14. The van der Waals surface area contributed by atoms with E-state index in [1.807, 2.05) is 25.1 Å². The number of likely N-dealkylation sites (N-methyl/N-ethyl adjacent to an activating group) is 1. The maximum absolute atomic E-state index is 12.0. The van der Waals surface area contributed by atoms with E-state index in [4.69, 9.17) is 14.2 Å². The number of rotatable bonds is 9. The summed E-state index contributed by atoms with van der Waals surface area (Å²) < 4.78 is 16.3. The van der Waals surface area contributed by atoms with Gasteiger partial charge in [0.1, 0.15) is 5.75 Å². The summed E-state index contributed by atoms with van der Waals surface area (Å²) in [7, 11) is 4.81. The molecule has 0 saturated carbocycles. The van der Waals surface area contributed by atoms with E-state index in [9.17, 15) is 10.1 Å². The van der Waals surface area contributed by atoms with Crippen molar-refractivity contribution in [1.82, 2.24) is 5.32 Å². The van der Waals surface area contributed by atoms with Gasteiger partial charge in [0.2, 0.25) is 5.91 Å². The van der Waals surface area contributed by atoms with E-state index in [2.05, 4.69) is 16.7 Å². The molecule has 0 aliphatic heterocycles. The van der Waals surface area contributed by atoms with Gasteiger partial charge in [0.15, 0.2) is 11.5 Å². The zero-order valence-electron chi connectivity index (χ0n) is 17.0. The van der Waals surface area contributed by atoms with Gasteiger partial charge >= 0.3 is 0 Å². The van der Waals surface area contributed by atoms with Crippen molar-refractivity contribution < 1.29 is 19.0 Å². The molecule has 2 rings (SSSR count). The van der Waals surface area contributed by atoms with E-state index in [0.29, 0.717) is 35.1 Å². The fourth-order valence-electron chi connectivity index (χ4n) is 2.84. The van der Waals surface area contributed by atoms with Crippen molar-refractivity contribution in [2.24, 2.45) is 0 Å². The number of nitriles is 1. The molecule has 2 aromatic rings.